The van der Waals surface area contributed by atoms with Crippen molar-refractivity contribution < 1.29 is 9.59 Å². The summed E-state index contributed by atoms with van der Waals surface area (Å²) in [4.78, 5) is 29.5. The second kappa shape index (κ2) is 9.44. The summed E-state index contributed by atoms with van der Waals surface area (Å²) in [6.45, 7) is 0. The summed E-state index contributed by atoms with van der Waals surface area (Å²) in [5, 5.41) is 21.6. The average Bonchev–Trinajstić information content (AvgIpc) is 3.50. The van der Waals surface area contributed by atoms with Gasteiger partial charge in [0.05, 0.1) is 29.2 Å². The van der Waals surface area contributed by atoms with Crippen molar-refractivity contribution in [2.24, 2.45) is 5.92 Å². The van der Waals surface area contributed by atoms with E-state index in [1.807, 2.05) is 77.7 Å². The second-order valence-electron chi connectivity index (χ2n) is 9.13. The monoisotopic (exact) mass is 509 g/mol. The molecule has 0 atom stereocenters. The number of thiophene rings is 1. The number of Topliss-reactive ketones (excluding diaryl/α,β-unsaturated/α-hetero) is 2. The summed E-state index contributed by atoms with van der Waals surface area (Å²) >= 11 is 1.49. The van der Waals surface area contributed by atoms with Crippen LogP contribution in [0, 0.1) is 28.6 Å². The van der Waals surface area contributed by atoms with E-state index in [0.717, 1.165) is 32.0 Å². The van der Waals surface area contributed by atoms with Gasteiger partial charge in [0.25, 0.3) is 0 Å². The van der Waals surface area contributed by atoms with Gasteiger partial charge in [0, 0.05) is 27.4 Å². The minimum atomic E-state index is -0.745. The van der Waals surface area contributed by atoms with Crippen molar-refractivity contribution in [3.8, 4) is 12.1 Å². The molecule has 1 heterocycles. The first-order chi connectivity index (χ1) is 18.6. The number of fused-ring (bicyclic) bond motifs is 2. The number of nitriles is 2. The molecule has 0 bridgehead atoms. The van der Waals surface area contributed by atoms with E-state index in [-0.39, 0.29) is 11.6 Å². The molecule has 0 N–H and O–H groups in total. The number of rotatable bonds is 5. The van der Waals surface area contributed by atoms with Crippen molar-refractivity contribution in [3.05, 3.63) is 124 Å². The van der Waals surface area contributed by atoms with Crippen LogP contribution in [-0.2, 0) is 6.42 Å². The Morgan fingerprint density at radius 1 is 0.684 bits per heavy atom. The Labute approximate surface area is 223 Å². The highest BCUT2D eigenvalue weighted by Gasteiger charge is 2.39. The lowest BCUT2D eigenvalue weighted by atomic mass is 9.99. The number of nitrogens with zero attached hydrogens (tertiary/aromatic N) is 3. The van der Waals surface area contributed by atoms with Gasteiger partial charge in [-0.05, 0) is 77.9 Å². The fourth-order valence-corrected chi connectivity index (χ4v) is 6.05. The fraction of sp³-hybridized carbons (Fsp3) is 0.0625. The first kappa shape index (κ1) is 23.4. The summed E-state index contributed by atoms with van der Waals surface area (Å²) in [7, 11) is 0. The first-order valence-corrected chi connectivity index (χ1v) is 12.9. The SMILES string of the molecule is N#Cc1cccc(N(c2cccc(C#N)c2)c2ccc(CC3C(=O)c4cc5ccccc5cc4C3=O)s2)c1. The second-order valence-corrected chi connectivity index (χ2v) is 10.3. The largest absolute Gasteiger partial charge is 0.302 e. The lowest BCUT2D eigenvalue weighted by Gasteiger charge is -2.24. The Morgan fingerprint density at radius 3 is 1.76 bits per heavy atom. The van der Waals surface area contributed by atoms with Gasteiger partial charge in [-0.15, -0.1) is 11.3 Å². The van der Waals surface area contributed by atoms with Crippen molar-refractivity contribution in [1.29, 1.82) is 10.5 Å². The van der Waals surface area contributed by atoms with Crippen molar-refractivity contribution in [2.45, 2.75) is 6.42 Å². The number of ketones is 2. The molecule has 5 nitrogen and oxygen atoms in total. The van der Waals surface area contributed by atoms with Crippen LogP contribution in [0.1, 0.15) is 36.7 Å². The predicted octanol–water partition coefficient (Wildman–Crippen LogP) is 7.35. The van der Waals surface area contributed by atoms with E-state index in [9.17, 15) is 20.1 Å². The molecule has 1 aliphatic rings. The molecule has 0 saturated heterocycles. The highest BCUT2D eigenvalue weighted by atomic mass is 32.1. The lowest BCUT2D eigenvalue weighted by molar-refractivity contribution is 0.0839. The molecular formula is C32H19N3O2S. The van der Waals surface area contributed by atoms with E-state index >= 15 is 0 Å². The van der Waals surface area contributed by atoms with Crippen LogP contribution in [0.2, 0.25) is 0 Å². The number of carbonyl (C=O) groups excluding carboxylic acids is 2. The lowest BCUT2D eigenvalue weighted by Crippen LogP contribution is -2.17. The summed E-state index contributed by atoms with van der Waals surface area (Å²) < 4.78 is 0. The van der Waals surface area contributed by atoms with Crippen molar-refractivity contribution in [2.75, 3.05) is 4.90 Å². The van der Waals surface area contributed by atoms with Gasteiger partial charge in [0.2, 0.25) is 0 Å². The number of hydrogen-bond donors (Lipinski definition) is 0. The highest BCUT2D eigenvalue weighted by Crippen LogP contribution is 2.41. The average molecular weight is 510 g/mol. The van der Waals surface area contributed by atoms with Gasteiger partial charge in [-0.25, -0.2) is 0 Å². The molecule has 0 unspecified atom stereocenters. The van der Waals surface area contributed by atoms with Crippen LogP contribution in [-0.4, -0.2) is 11.6 Å². The summed E-state index contributed by atoms with van der Waals surface area (Å²) in [5.41, 5.74) is 3.60. The molecule has 5 aromatic rings. The van der Waals surface area contributed by atoms with Gasteiger partial charge in [-0.2, -0.15) is 10.5 Å². The third-order valence-electron chi connectivity index (χ3n) is 6.79. The summed E-state index contributed by atoms with van der Waals surface area (Å²) in [6, 6.07) is 34.2. The molecule has 6 heteroatoms. The van der Waals surface area contributed by atoms with Crippen LogP contribution in [0.25, 0.3) is 10.8 Å². The maximum Gasteiger partial charge on any atom is 0.174 e. The Kier molecular flexibility index (Phi) is 5.81. The molecular weight excluding hydrogens is 490 g/mol. The van der Waals surface area contributed by atoms with Crippen molar-refractivity contribution in [1.82, 2.24) is 0 Å². The van der Waals surface area contributed by atoms with Crippen LogP contribution in [0.4, 0.5) is 16.4 Å². The molecule has 0 radical (unpaired) electrons. The van der Waals surface area contributed by atoms with Gasteiger partial charge in [-0.1, -0.05) is 36.4 Å². The minimum absolute atomic E-state index is 0.133. The molecule has 1 aromatic heterocycles. The third kappa shape index (κ3) is 4.04. The molecule has 180 valence electrons. The normalized spacial score (nSPS) is 12.8. The standard InChI is InChI=1S/C32H19N3O2S/c33-18-20-5-3-9-24(13-20)35(25-10-4-6-21(14-25)19-34)30-12-11-26(38-30)17-29-31(36)27-15-22-7-1-2-8-23(22)16-28(27)32(29)37/h1-16,29H,17H2. The molecule has 4 aromatic carbocycles. The molecule has 6 rings (SSSR count). The zero-order chi connectivity index (χ0) is 26.2. The Morgan fingerprint density at radius 2 is 1.24 bits per heavy atom. The van der Waals surface area contributed by atoms with E-state index in [1.165, 1.54) is 11.3 Å². The zero-order valence-electron chi connectivity index (χ0n) is 20.1. The molecule has 0 aliphatic heterocycles. The quantitative estimate of drug-likeness (QED) is 0.231. The van der Waals surface area contributed by atoms with Crippen LogP contribution < -0.4 is 4.90 Å². The van der Waals surface area contributed by atoms with Crippen LogP contribution >= 0.6 is 11.3 Å². The van der Waals surface area contributed by atoms with Gasteiger partial charge >= 0.3 is 0 Å². The highest BCUT2D eigenvalue weighted by molar-refractivity contribution is 7.16. The van der Waals surface area contributed by atoms with Crippen molar-refractivity contribution >= 4 is 50.1 Å². The molecule has 1 aliphatic carbocycles. The van der Waals surface area contributed by atoms with E-state index in [4.69, 9.17) is 0 Å². The summed E-state index contributed by atoms with van der Waals surface area (Å²) in [5.74, 6) is -1.01. The smallest absolute Gasteiger partial charge is 0.174 e. The first-order valence-electron chi connectivity index (χ1n) is 12.1. The number of carbonyl (C=O) groups is 2. The Balaban J connectivity index is 1.35. The molecule has 0 amide bonds. The molecule has 0 fully saturated rings. The van der Waals surface area contributed by atoms with E-state index < -0.39 is 5.92 Å². The fourth-order valence-electron chi connectivity index (χ4n) is 4.96. The maximum absolute atomic E-state index is 13.3. The van der Waals surface area contributed by atoms with E-state index in [2.05, 4.69) is 12.1 Å². The molecule has 0 saturated carbocycles. The Bertz CT molecular complexity index is 1730. The molecule has 38 heavy (non-hydrogen) atoms. The van der Waals surface area contributed by atoms with Crippen LogP contribution in [0.3, 0.4) is 0 Å². The number of benzene rings is 4. The predicted molar refractivity (Wildman–Crippen MR) is 148 cm³/mol. The van der Waals surface area contributed by atoms with Gasteiger partial charge in [-0.3, -0.25) is 9.59 Å². The zero-order valence-corrected chi connectivity index (χ0v) is 20.9. The van der Waals surface area contributed by atoms with Crippen molar-refractivity contribution in [3.63, 3.8) is 0 Å². The minimum Gasteiger partial charge on any atom is -0.302 e. The summed E-state index contributed by atoms with van der Waals surface area (Å²) in [6.07, 6.45) is 0.317. The molecule has 0 spiro atoms. The van der Waals surface area contributed by atoms with Gasteiger partial charge in [0.1, 0.15) is 5.00 Å². The maximum atomic E-state index is 13.3. The number of anilines is 3. The van der Waals surface area contributed by atoms with E-state index in [1.54, 1.807) is 24.3 Å². The van der Waals surface area contributed by atoms with E-state index in [0.29, 0.717) is 28.7 Å². The Hall–Kier alpha value is -5.04. The van der Waals surface area contributed by atoms with Gasteiger partial charge in [0.15, 0.2) is 11.6 Å². The topological polar surface area (TPSA) is 85.0 Å². The van der Waals surface area contributed by atoms with Gasteiger partial charge < -0.3 is 4.90 Å². The van der Waals surface area contributed by atoms with Crippen LogP contribution in [0.5, 0.6) is 0 Å². The third-order valence-corrected chi connectivity index (χ3v) is 7.88. The number of hydrogen-bond acceptors (Lipinski definition) is 6. The van der Waals surface area contributed by atoms with Crippen LogP contribution in [0.15, 0.2) is 97.1 Å².